The monoisotopic (exact) mass is 376 g/mol. The van der Waals surface area contributed by atoms with Crippen LogP contribution in [0.2, 0.25) is 0 Å². The second-order valence-corrected chi connectivity index (χ2v) is 7.58. The second kappa shape index (κ2) is 9.01. The lowest BCUT2D eigenvalue weighted by Gasteiger charge is -2.26. The number of benzene rings is 1. The van der Waals surface area contributed by atoms with Gasteiger partial charge in [0.05, 0.1) is 23.8 Å². The van der Waals surface area contributed by atoms with Gasteiger partial charge in [0.1, 0.15) is 6.61 Å². The van der Waals surface area contributed by atoms with Crippen LogP contribution in [-0.4, -0.2) is 40.5 Å². The van der Waals surface area contributed by atoms with E-state index in [-0.39, 0.29) is 24.9 Å². The van der Waals surface area contributed by atoms with Crippen molar-refractivity contribution in [1.29, 1.82) is 0 Å². The molecule has 7 heteroatoms. The minimum absolute atomic E-state index is 0.0510. The maximum Gasteiger partial charge on any atom is 0.260 e. The van der Waals surface area contributed by atoms with Crippen molar-refractivity contribution in [1.82, 2.24) is 10.2 Å². The van der Waals surface area contributed by atoms with Crippen molar-refractivity contribution in [2.45, 2.75) is 46.3 Å². The molecule has 1 atom stereocenters. The highest BCUT2D eigenvalue weighted by molar-refractivity contribution is 5.63. The van der Waals surface area contributed by atoms with E-state index < -0.39 is 11.7 Å². The van der Waals surface area contributed by atoms with Crippen LogP contribution in [-0.2, 0) is 9.63 Å². The van der Waals surface area contributed by atoms with Crippen molar-refractivity contribution in [3.63, 3.8) is 0 Å². The fourth-order valence-electron chi connectivity index (χ4n) is 2.48. The Hall–Kier alpha value is -2.38. The van der Waals surface area contributed by atoms with Crippen molar-refractivity contribution in [3.8, 4) is 17.2 Å². The number of aromatic nitrogens is 1. The zero-order chi connectivity index (χ0) is 20.0. The standard InChI is InChI=1S/C20H28N2O5/c1-14(2)17(24)16-18(15-9-7-6-8-10-15)26-21-19(16)25-12-11-22(13-23)27-20(3,4)5/h6-10,13-14,17,24H,11-12H2,1-5H3. The molecule has 0 saturated carbocycles. The van der Waals surface area contributed by atoms with Gasteiger partial charge in [-0.25, -0.2) is 5.06 Å². The molecule has 0 spiro atoms. The first-order valence-corrected chi connectivity index (χ1v) is 9.00. The molecule has 1 amide bonds. The number of amides is 1. The predicted octanol–water partition coefficient (Wildman–Crippen LogP) is 3.60. The van der Waals surface area contributed by atoms with Gasteiger partial charge >= 0.3 is 0 Å². The highest BCUT2D eigenvalue weighted by Gasteiger charge is 2.27. The van der Waals surface area contributed by atoms with Crippen molar-refractivity contribution in [2.75, 3.05) is 13.2 Å². The van der Waals surface area contributed by atoms with E-state index in [1.54, 1.807) is 0 Å². The van der Waals surface area contributed by atoms with Crippen LogP contribution >= 0.6 is 0 Å². The average molecular weight is 376 g/mol. The Morgan fingerprint density at radius 1 is 1.26 bits per heavy atom. The molecule has 0 aliphatic rings. The summed E-state index contributed by atoms with van der Waals surface area (Å²) in [5, 5.41) is 15.8. The van der Waals surface area contributed by atoms with Gasteiger partial charge in [-0.1, -0.05) is 44.2 Å². The van der Waals surface area contributed by atoms with Gasteiger partial charge < -0.3 is 14.4 Å². The summed E-state index contributed by atoms with van der Waals surface area (Å²) < 4.78 is 11.2. The Bertz CT molecular complexity index is 722. The maximum absolute atomic E-state index is 11.1. The molecule has 1 unspecified atom stereocenters. The van der Waals surface area contributed by atoms with E-state index in [0.717, 1.165) is 5.56 Å². The smallest absolute Gasteiger partial charge is 0.260 e. The number of hydroxylamine groups is 2. The Morgan fingerprint density at radius 2 is 1.93 bits per heavy atom. The van der Waals surface area contributed by atoms with E-state index in [1.807, 2.05) is 65.0 Å². The van der Waals surface area contributed by atoms with E-state index in [2.05, 4.69) is 5.16 Å². The summed E-state index contributed by atoms with van der Waals surface area (Å²) in [7, 11) is 0. The molecule has 1 N–H and O–H groups in total. The summed E-state index contributed by atoms with van der Waals surface area (Å²) in [6.07, 6.45) is -0.189. The summed E-state index contributed by atoms with van der Waals surface area (Å²) in [5.41, 5.74) is 0.819. The number of rotatable bonds is 9. The molecule has 0 bridgehead atoms. The molecule has 2 aromatic rings. The number of aliphatic hydroxyl groups excluding tert-OH is 1. The number of carbonyl (C=O) groups is 1. The molecule has 2 rings (SSSR count). The summed E-state index contributed by atoms with van der Waals surface area (Å²) in [4.78, 5) is 16.7. The van der Waals surface area contributed by atoms with E-state index in [4.69, 9.17) is 14.1 Å². The van der Waals surface area contributed by atoms with Gasteiger partial charge in [0.2, 0.25) is 6.41 Å². The zero-order valence-electron chi connectivity index (χ0n) is 16.5. The second-order valence-electron chi connectivity index (χ2n) is 7.58. The van der Waals surface area contributed by atoms with Crippen molar-refractivity contribution in [3.05, 3.63) is 35.9 Å². The zero-order valence-corrected chi connectivity index (χ0v) is 16.5. The van der Waals surface area contributed by atoms with E-state index >= 15 is 0 Å². The van der Waals surface area contributed by atoms with Crippen LogP contribution in [0.5, 0.6) is 5.88 Å². The predicted molar refractivity (Wildman–Crippen MR) is 101 cm³/mol. The minimum atomic E-state index is -0.797. The minimum Gasteiger partial charge on any atom is -0.473 e. The van der Waals surface area contributed by atoms with Gasteiger partial charge in [0.15, 0.2) is 5.76 Å². The number of hydrogen-bond donors (Lipinski definition) is 1. The highest BCUT2D eigenvalue weighted by Crippen LogP contribution is 2.38. The largest absolute Gasteiger partial charge is 0.473 e. The quantitative estimate of drug-likeness (QED) is 0.532. The Kier molecular flexibility index (Phi) is 6.98. The maximum atomic E-state index is 11.1. The molecule has 1 heterocycles. The van der Waals surface area contributed by atoms with Crippen LogP contribution in [0.3, 0.4) is 0 Å². The SMILES string of the molecule is CC(C)C(O)c1c(OCCN(C=O)OC(C)(C)C)noc1-c1ccccc1. The van der Waals surface area contributed by atoms with Crippen molar-refractivity contribution in [2.24, 2.45) is 5.92 Å². The lowest BCUT2D eigenvalue weighted by molar-refractivity contribution is -0.217. The third-order valence-corrected chi connectivity index (χ3v) is 3.72. The van der Waals surface area contributed by atoms with Crippen LogP contribution < -0.4 is 4.74 Å². The average Bonchev–Trinajstić information content (AvgIpc) is 3.03. The van der Waals surface area contributed by atoms with Gasteiger partial charge in [0, 0.05) is 5.56 Å². The lowest BCUT2D eigenvalue weighted by Crippen LogP contribution is -2.35. The van der Waals surface area contributed by atoms with Crippen LogP contribution in [0.4, 0.5) is 0 Å². The number of aliphatic hydroxyl groups is 1. The normalized spacial score (nSPS) is 12.9. The Labute approximate surface area is 159 Å². The van der Waals surface area contributed by atoms with Crippen LogP contribution in [0, 0.1) is 5.92 Å². The molecule has 0 saturated heterocycles. The third kappa shape index (κ3) is 5.80. The number of ether oxygens (including phenoxy) is 1. The van der Waals surface area contributed by atoms with Gasteiger partial charge in [-0.15, -0.1) is 0 Å². The molecule has 0 radical (unpaired) electrons. The number of hydrogen-bond acceptors (Lipinski definition) is 6. The van der Waals surface area contributed by atoms with Gasteiger partial charge in [-0.3, -0.25) is 9.63 Å². The third-order valence-electron chi connectivity index (χ3n) is 3.72. The highest BCUT2D eigenvalue weighted by atomic mass is 16.7. The molecule has 0 aliphatic carbocycles. The molecular formula is C20H28N2O5. The van der Waals surface area contributed by atoms with Gasteiger partial charge in [0.25, 0.3) is 5.88 Å². The Morgan fingerprint density at radius 3 is 2.48 bits per heavy atom. The molecule has 27 heavy (non-hydrogen) atoms. The summed E-state index contributed by atoms with van der Waals surface area (Å²) in [6.45, 7) is 9.73. The summed E-state index contributed by atoms with van der Waals surface area (Å²) in [6, 6.07) is 9.43. The first-order chi connectivity index (χ1) is 12.7. The lowest BCUT2D eigenvalue weighted by atomic mass is 9.97. The van der Waals surface area contributed by atoms with E-state index in [1.165, 1.54) is 5.06 Å². The van der Waals surface area contributed by atoms with Gasteiger partial charge in [-0.05, 0) is 31.8 Å². The van der Waals surface area contributed by atoms with Crippen molar-refractivity contribution < 1.29 is 24.0 Å². The molecule has 1 aromatic carbocycles. The molecule has 1 aromatic heterocycles. The van der Waals surface area contributed by atoms with Crippen molar-refractivity contribution >= 4 is 6.41 Å². The fraction of sp³-hybridized carbons (Fsp3) is 0.500. The van der Waals surface area contributed by atoms with Crippen LogP contribution in [0.25, 0.3) is 11.3 Å². The topological polar surface area (TPSA) is 85.0 Å². The van der Waals surface area contributed by atoms with E-state index in [0.29, 0.717) is 17.7 Å². The van der Waals surface area contributed by atoms with Crippen LogP contribution in [0.15, 0.2) is 34.9 Å². The summed E-state index contributed by atoms with van der Waals surface area (Å²) >= 11 is 0. The first-order valence-electron chi connectivity index (χ1n) is 9.00. The molecule has 7 nitrogen and oxygen atoms in total. The molecule has 0 aliphatic heterocycles. The number of carbonyl (C=O) groups excluding carboxylic acids is 1. The van der Waals surface area contributed by atoms with E-state index in [9.17, 15) is 9.90 Å². The fourth-order valence-corrected chi connectivity index (χ4v) is 2.48. The molecule has 0 fully saturated rings. The van der Waals surface area contributed by atoms with Crippen LogP contribution in [0.1, 0.15) is 46.3 Å². The molecular weight excluding hydrogens is 348 g/mol. The first kappa shape index (κ1) is 20.9. The Balaban J connectivity index is 2.17. The molecule has 148 valence electrons. The summed E-state index contributed by atoms with van der Waals surface area (Å²) in [5.74, 6) is 0.645. The van der Waals surface area contributed by atoms with Gasteiger partial charge in [-0.2, -0.15) is 0 Å². The number of nitrogens with zero attached hydrogens (tertiary/aromatic N) is 2.